The van der Waals surface area contributed by atoms with E-state index in [1.54, 1.807) is 7.11 Å². The second-order valence-electron chi connectivity index (χ2n) is 3.23. The predicted octanol–water partition coefficient (Wildman–Crippen LogP) is 3.01. The molecular formula is C12H15ClO2. The summed E-state index contributed by atoms with van der Waals surface area (Å²) in [6.45, 7) is 4.81. The lowest BCUT2D eigenvalue weighted by molar-refractivity contribution is 0.143. The minimum atomic E-state index is 0.443. The van der Waals surface area contributed by atoms with Crippen LogP contribution in [0.25, 0.3) is 0 Å². The molecule has 0 radical (unpaired) electrons. The van der Waals surface area contributed by atoms with Crippen molar-refractivity contribution >= 4 is 11.6 Å². The maximum atomic E-state index is 5.58. The molecular weight excluding hydrogens is 212 g/mol. The number of ether oxygens (including phenoxy) is 2. The summed E-state index contributed by atoms with van der Waals surface area (Å²) in [7, 11) is 1.65. The summed E-state index contributed by atoms with van der Waals surface area (Å²) in [5.41, 5.74) is 1.97. The number of methoxy groups -OCH3 is 1. The second kappa shape index (κ2) is 6.49. The highest BCUT2D eigenvalue weighted by molar-refractivity contribution is 6.19. The van der Waals surface area contributed by atoms with E-state index in [9.17, 15) is 0 Å². The molecule has 0 saturated heterocycles. The lowest BCUT2D eigenvalue weighted by Crippen LogP contribution is -1.99. The third-order valence-electron chi connectivity index (χ3n) is 1.90. The van der Waals surface area contributed by atoms with Crippen molar-refractivity contribution in [3.63, 3.8) is 0 Å². The Morgan fingerprint density at radius 3 is 2.93 bits per heavy atom. The molecule has 0 bridgehead atoms. The molecule has 1 aromatic rings. The van der Waals surface area contributed by atoms with Crippen molar-refractivity contribution in [1.82, 2.24) is 0 Å². The van der Waals surface area contributed by atoms with Crippen LogP contribution in [0.5, 0.6) is 5.75 Å². The Balaban J connectivity index is 2.40. The molecule has 1 aromatic carbocycles. The smallest absolute Gasteiger partial charge is 0.119 e. The van der Waals surface area contributed by atoms with Gasteiger partial charge in [0.05, 0.1) is 20.3 Å². The van der Waals surface area contributed by atoms with Crippen LogP contribution in [0.1, 0.15) is 5.56 Å². The van der Waals surface area contributed by atoms with Gasteiger partial charge in [0.25, 0.3) is 0 Å². The fraction of sp³-hybridized carbons (Fsp3) is 0.333. The van der Waals surface area contributed by atoms with Gasteiger partial charge in [0.1, 0.15) is 5.75 Å². The van der Waals surface area contributed by atoms with Crippen LogP contribution in [0.4, 0.5) is 0 Å². The first kappa shape index (κ1) is 12.1. The first-order valence-electron chi connectivity index (χ1n) is 4.69. The van der Waals surface area contributed by atoms with E-state index >= 15 is 0 Å². The molecule has 0 unspecified atom stereocenters. The molecule has 0 saturated carbocycles. The maximum absolute atomic E-state index is 5.58. The van der Waals surface area contributed by atoms with Gasteiger partial charge in [-0.3, -0.25) is 0 Å². The van der Waals surface area contributed by atoms with Crippen LogP contribution in [0, 0.1) is 0 Å². The Bertz CT molecular complexity index is 323. The SMILES string of the molecule is C=C(CCl)COCc1cccc(OC)c1. The molecule has 3 heteroatoms. The fourth-order valence-electron chi connectivity index (χ4n) is 1.11. The summed E-state index contributed by atoms with van der Waals surface area (Å²) in [6, 6.07) is 7.78. The number of benzene rings is 1. The molecule has 0 aliphatic heterocycles. The zero-order valence-corrected chi connectivity index (χ0v) is 9.59. The van der Waals surface area contributed by atoms with Crippen LogP contribution >= 0.6 is 11.6 Å². The Kier molecular flexibility index (Phi) is 5.22. The van der Waals surface area contributed by atoms with Gasteiger partial charge in [0.15, 0.2) is 0 Å². The van der Waals surface area contributed by atoms with Gasteiger partial charge < -0.3 is 9.47 Å². The molecule has 0 fully saturated rings. The van der Waals surface area contributed by atoms with Gasteiger partial charge in [-0.2, -0.15) is 0 Å². The number of alkyl halides is 1. The molecule has 15 heavy (non-hydrogen) atoms. The summed E-state index contributed by atoms with van der Waals surface area (Å²) in [5, 5.41) is 0. The zero-order chi connectivity index (χ0) is 11.1. The quantitative estimate of drug-likeness (QED) is 0.549. The van der Waals surface area contributed by atoms with E-state index in [4.69, 9.17) is 21.1 Å². The van der Waals surface area contributed by atoms with E-state index in [1.807, 2.05) is 24.3 Å². The Labute approximate surface area is 95.5 Å². The standard InChI is InChI=1S/C12H15ClO2/c1-10(7-13)8-15-9-11-4-3-5-12(6-11)14-2/h3-6H,1,7-9H2,2H3. The van der Waals surface area contributed by atoms with Gasteiger partial charge in [-0.15, -0.1) is 11.6 Å². The highest BCUT2D eigenvalue weighted by Gasteiger charge is 1.97. The second-order valence-corrected chi connectivity index (χ2v) is 3.50. The lowest BCUT2D eigenvalue weighted by atomic mass is 10.2. The monoisotopic (exact) mass is 226 g/mol. The van der Waals surface area contributed by atoms with Crippen LogP contribution < -0.4 is 4.74 Å². The maximum Gasteiger partial charge on any atom is 0.119 e. The average Bonchev–Trinajstić information content (AvgIpc) is 2.29. The van der Waals surface area contributed by atoms with E-state index in [-0.39, 0.29) is 0 Å². The van der Waals surface area contributed by atoms with E-state index in [0.29, 0.717) is 19.1 Å². The summed E-state index contributed by atoms with van der Waals surface area (Å²) < 4.78 is 10.5. The van der Waals surface area contributed by atoms with Gasteiger partial charge in [0, 0.05) is 5.88 Å². The molecule has 82 valence electrons. The van der Waals surface area contributed by atoms with Crippen molar-refractivity contribution in [3.8, 4) is 5.75 Å². The lowest BCUT2D eigenvalue weighted by Gasteiger charge is -2.06. The van der Waals surface area contributed by atoms with Gasteiger partial charge in [-0.1, -0.05) is 18.7 Å². The fourth-order valence-corrected chi connectivity index (χ4v) is 1.19. The Hall–Kier alpha value is -0.990. The number of rotatable bonds is 6. The molecule has 0 heterocycles. The first-order valence-corrected chi connectivity index (χ1v) is 5.23. The van der Waals surface area contributed by atoms with Crippen molar-refractivity contribution in [2.45, 2.75) is 6.61 Å². The third kappa shape index (κ3) is 4.36. The molecule has 0 aromatic heterocycles. The number of halogens is 1. The Morgan fingerprint density at radius 2 is 2.27 bits per heavy atom. The molecule has 0 atom stereocenters. The average molecular weight is 227 g/mol. The Morgan fingerprint density at radius 1 is 1.47 bits per heavy atom. The summed E-state index contributed by atoms with van der Waals surface area (Å²) in [6.07, 6.45) is 0. The minimum absolute atomic E-state index is 0.443. The van der Waals surface area contributed by atoms with Gasteiger partial charge in [-0.05, 0) is 23.3 Å². The molecule has 0 aliphatic rings. The molecule has 0 spiro atoms. The first-order chi connectivity index (χ1) is 7.26. The van der Waals surface area contributed by atoms with Gasteiger partial charge in [0.2, 0.25) is 0 Å². The van der Waals surface area contributed by atoms with Crippen molar-refractivity contribution in [2.24, 2.45) is 0 Å². The highest BCUT2D eigenvalue weighted by Crippen LogP contribution is 2.13. The van der Waals surface area contributed by atoms with E-state index in [0.717, 1.165) is 16.9 Å². The van der Waals surface area contributed by atoms with E-state index in [1.165, 1.54) is 0 Å². The van der Waals surface area contributed by atoms with Crippen molar-refractivity contribution in [2.75, 3.05) is 19.6 Å². The number of hydrogen-bond acceptors (Lipinski definition) is 2. The molecule has 2 nitrogen and oxygen atoms in total. The van der Waals surface area contributed by atoms with Crippen LogP contribution in [0.3, 0.4) is 0 Å². The van der Waals surface area contributed by atoms with Crippen molar-refractivity contribution < 1.29 is 9.47 Å². The molecule has 1 rings (SSSR count). The predicted molar refractivity (Wildman–Crippen MR) is 62.5 cm³/mol. The van der Waals surface area contributed by atoms with Crippen LogP contribution in [-0.4, -0.2) is 19.6 Å². The van der Waals surface area contributed by atoms with Gasteiger partial charge >= 0.3 is 0 Å². The number of hydrogen-bond donors (Lipinski definition) is 0. The third-order valence-corrected chi connectivity index (χ3v) is 2.28. The summed E-state index contributed by atoms with van der Waals surface area (Å²) in [5.74, 6) is 1.28. The van der Waals surface area contributed by atoms with Crippen molar-refractivity contribution in [1.29, 1.82) is 0 Å². The summed E-state index contributed by atoms with van der Waals surface area (Å²) in [4.78, 5) is 0. The van der Waals surface area contributed by atoms with Gasteiger partial charge in [-0.25, -0.2) is 0 Å². The van der Waals surface area contributed by atoms with Crippen LogP contribution in [-0.2, 0) is 11.3 Å². The van der Waals surface area contributed by atoms with E-state index in [2.05, 4.69) is 6.58 Å². The van der Waals surface area contributed by atoms with Crippen LogP contribution in [0.2, 0.25) is 0 Å². The minimum Gasteiger partial charge on any atom is -0.497 e. The van der Waals surface area contributed by atoms with Crippen molar-refractivity contribution in [3.05, 3.63) is 42.0 Å². The molecule has 0 aliphatic carbocycles. The van der Waals surface area contributed by atoms with Crippen LogP contribution in [0.15, 0.2) is 36.4 Å². The largest absolute Gasteiger partial charge is 0.497 e. The van der Waals surface area contributed by atoms with E-state index < -0.39 is 0 Å². The topological polar surface area (TPSA) is 18.5 Å². The molecule has 0 N–H and O–H groups in total. The molecule has 0 amide bonds. The zero-order valence-electron chi connectivity index (χ0n) is 8.83. The highest BCUT2D eigenvalue weighted by atomic mass is 35.5. The summed E-state index contributed by atoms with van der Waals surface area (Å²) >= 11 is 5.58. The normalized spacial score (nSPS) is 10.0.